The van der Waals surface area contributed by atoms with E-state index in [0.29, 0.717) is 19.3 Å². The lowest BCUT2D eigenvalue weighted by molar-refractivity contribution is -0.167. The smallest absolute Gasteiger partial charge is 0.306 e. The topological polar surface area (TPSA) is 78.9 Å². The van der Waals surface area contributed by atoms with E-state index in [2.05, 4.69) is 203 Å². The van der Waals surface area contributed by atoms with Crippen molar-refractivity contribution in [2.75, 3.05) is 13.2 Å². The summed E-state index contributed by atoms with van der Waals surface area (Å²) < 4.78 is 16.9. The molecule has 83 heavy (non-hydrogen) atoms. The fraction of sp³-hybridized carbons (Fsp3) is 0.571. The number of hydrogen-bond donors (Lipinski definition) is 0. The Morgan fingerprint density at radius 1 is 0.253 bits per heavy atom. The van der Waals surface area contributed by atoms with Crippen molar-refractivity contribution in [2.45, 2.75) is 271 Å². The van der Waals surface area contributed by atoms with Crippen LogP contribution in [0.5, 0.6) is 0 Å². The normalized spacial score (nSPS) is 13.3. The highest BCUT2D eigenvalue weighted by Gasteiger charge is 2.19. The van der Waals surface area contributed by atoms with Crippen LogP contribution >= 0.6 is 0 Å². The molecule has 1 atom stereocenters. The molecule has 0 aromatic rings. The first-order valence-corrected chi connectivity index (χ1v) is 33.3. The Kier molecular flexibility index (Phi) is 64.4. The summed E-state index contributed by atoms with van der Waals surface area (Å²) in [6.45, 7) is 6.30. The van der Waals surface area contributed by atoms with Crippen molar-refractivity contribution >= 4 is 17.9 Å². The molecule has 0 rings (SSSR count). The molecule has 0 aromatic carbocycles. The molecule has 0 aromatic heterocycles. The number of allylic oxidation sites excluding steroid dienone is 30. The van der Waals surface area contributed by atoms with Crippen LogP contribution in [0.4, 0.5) is 0 Å². The third-order valence-corrected chi connectivity index (χ3v) is 13.4. The van der Waals surface area contributed by atoms with Gasteiger partial charge in [-0.15, -0.1) is 0 Å². The lowest BCUT2D eigenvalue weighted by Crippen LogP contribution is -2.30. The summed E-state index contributed by atoms with van der Waals surface area (Å²) in [5.74, 6) is -0.962. The van der Waals surface area contributed by atoms with Gasteiger partial charge in [0.05, 0.1) is 0 Å². The van der Waals surface area contributed by atoms with Crippen molar-refractivity contribution in [3.8, 4) is 0 Å². The highest BCUT2D eigenvalue weighted by atomic mass is 16.6. The second-order valence-corrected chi connectivity index (χ2v) is 21.3. The van der Waals surface area contributed by atoms with Crippen LogP contribution in [0, 0.1) is 0 Å². The van der Waals surface area contributed by atoms with Crippen molar-refractivity contribution in [1.29, 1.82) is 0 Å². The van der Waals surface area contributed by atoms with Gasteiger partial charge in [-0.3, -0.25) is 14.4 Å². The van der Waals surface area contributed by atoms with E-state index < -0.39 is 6.10 Å². The highest BCUT2D eigenvalue weighted by Crippen LogP contribution is 2.14. The second kappa shape index (κ2) is 69.0. The van der Waals surface area contributed by atoms with Gasteiger partial charge in [0.15, 0.2) is 6.10 Å². The van der Waals surface area contributed by atoms with E-state index in [-0.39, 0.29) is 31.1 Å². The zero-order valence-electron chi connectivity index (χ0n) is 53.1. The SMILES string of the molecule is CC/C=C\C/C=C\C/C=C\C/C=C\C/C=C\C/C=C\C/C=C\C/C=C\CCCCCCC(=O)OCC(COC(=O)CCCCCCC/C=C\C/C=C\CCC)OC(=O)CCCCCCCCC/C=C\C/C=C\C/C=C\C/C=C\C/C=C\CC. The minimum atomic E-state index is -0.813. The third kappa shape index (κ3) is 67.2. The van der Waals surface area contributed by atoms with Crippen molar-refractivity contribution in [3.63, 3.8) is 0 Å². The maximum Gasteiger partial charge on any atom is 0.306 e. The molecule has 0 radical (unpaired) electrons. The Balaban J connectivity index is 4.45. The van der Waals surface area contributed by atoms with E-state index >= 15 is 0 Å². The molecule has 0 aliphatic heterocycles. The predicted molar refractivity (Wildman–Crippen MR) is 361 cm³/mol. The summed E-state index contributed by atoms with van der Waals surface area (Å²) in [6.07, 6.45) is 103. The van der Waals surface area contributed by atoms with Crippen molar-refractivity contribution in [3.05, 3.63) is 182 Å². The molecule has 0 saturated heterocycles. The first-order chi connectivity index (χ1) is 41.0. The van der Waals surface area contributed by atoms with Crippen LogP contribution in [-0.2, 0) is 28.6 Å². The van der Waals surface area contributed by atoms with Crippen molar-refractivity contribution < 1.29 is 28.6 Å². The lowest BCUT2D eigenvalue weighted by Gasteiger charge is -2.18. The molecular formula is C77H120O6. The summed E-state index contributed by atoms with van der Waals surface area (Å²) in [5, 5.41) is 0. The van der Waals surface area contributed by atoms with E-state index in [9.17, 15) is 14.4 Å². The molecule has 0 saturated carbocycles. The molecule has 0 bridgehead atoms. The quantitative estimate of drug-likeness (QED) is 0.0261. The Bertz CT molecular complexity index is 1940. The number of hydrogen-bond acceptors (Lipinski definition) is 6. The number of ether oxygens (including phenoxy) is 3. The molecule has 0 spiro atoms. The van der Waals surface area contributed by atoms with Crippen LogP contribution in [-0.4, -0.2) is 37.2 Å². The van der Waals surface area contributed by atoms with Gasteiger partial charge in [0.25, 0.3) is 0 Å². The summed E-state index contributed by atoms with van der Waals surface area (Å²) in [4.78, 5) is 38.4. The van der Waals surface area contributed by atoms with Crippen LogP contribution in [0.15, 0.2) is 182 Å². The molecule has 6 heteroatoms. The Morgan fingerprint density at radius 2 is 0.470 bits per heavy atom. The number of unbranched alkanes of at least 4 members (excludes halogenated alkanes) is 17. The first-order valence-electron chi connectivity index (χ1n) is 33.3. The average Bonchev–Trinajstić information content (AvgIpc) is 3.49. The molecule has 0 aliphatic carbocycles. The minimum Gasteiger partial charge on any atom is -0.462 e. The third-order valence-electron chi connectivity index (χ3n) is 13.4. The predicted octanol–water partition coefficient (Wildman–Crippen LogP) is 23.2. The van der Waals surface area contributed by atoms with E-state index in [1.165, 1.54) is 25.7 Å². The molecule has 0 aliphatic rings. The van der Waals surface area contributed by atoms with Gasteiger partial charge in [0.2, 0.25) is 0 Å². The maximum absolute atomic E-state index is 12.9. The molecule has 0 fully saturated rings. The van der Waals surface area contributed by atoms with Gasteiger partial charge in [-0.1, -0.05) is 274 Å². The maximum atomic E-state index is 12.9. The summed E-state index contributed by atoms with van der Waals surface area (Å²) >= 11 is 0. The van der Waals surface area contributed by atoms with Crippen molar-refractivity contribution in [1.82, 2.24) is 0 Å². The van der Waals surface area contributed by atoms with E-state index in [0.717, 1.165) is 199 Å². The van der Waals surface area contributed by atoms with Gasteiger partial charge < -0.3 is 14.2 Å². The van der Waals surface area contributed by atoms with Crippen LogP contribution in [0.3, 0.4) is 0 Å². The second-order valence-electron chi connectivity index (χ2n) is 21.3. The average molecular weight is 1140 g/mol. The van der Waals surface area contributed by atoms with E-state index in [1.807, 2.05) is 0 Å². The van der Waals surface area contributed by atoms with Crippen LogP contribution in [0.2, 0.25) is 0 Å². The Morgan fingerprint density at radius 3 is 0.735 bits per heavy atom. The summed E-state index contributed by atoms with van der Waals surface area (Å²) in [6, 6.07) is 0. The minimum absolute atomic E-state index is 0.107. The molecule has 1 unspecified atom stereocenters. The Labute approximate surface area is 510 Å². The van der Waals surface area contributed by atoms with Gasteiger partial charge in [-0.05, 0) is 154 Å². The van der Waals surface area contributed by atoms with Crippen LogP contribution < -0.4 is 0 Å². The van der Waals surface area contributed by atoms with Gasteiger partial charge >= 0.3 is 17.9 Å². The van der Waals surface area contributed by atoms with Gasteiger partial charge in [0, 0.05) is 19.3 Å². The standard InChI is InChI=1S/C77H120O6/c1-4-7-10-13-16-19-22-25-27-29-31-33-35-36-37-38-39-40-42-43-45-47-49-52-55-58-61-64-67-70-76(79)82-73-74(72-81-75(78)69-66-63-60-57-54-51-24-21-18-15-12-9-6-3)83-77(80)71-68-65-62-59-56-53-50-48-46-44-41-34-32-30-28-26-23-20-17-14-11-8-5-2/h7-8,10-12,15-17,19-21,24-28,31-34,36-37,39-40,43-46,49,52,74H,4-6,9,13-14,18,22-23,29-30,35,38,41-42,47-48,50-51,53-73H2,1-3H3/b10-7-,11-8-,15-12-,19-16-,20-17-,24-21-,27-25-,28-26-,33-31-,34-32-,37-36-,40-39-,45-43-,46-44-,52-49-. The van der Waals surface area contributed by atoms with Gasteiger partial charge in [0.1, 0.15) is 13.2 Å². The number of carbonyl (C=O) groups excluding carboxylic acids is 3. The molecule has 6 nitrogen and oxygen atoms in total. The number of rotatable bonds is 58. The zero-order chi connectivity index (χ0) is 59.9. The van der Waals surface area contributed by atoms with E-state index in [4.69, 9.17) is 14.2 Å². The van der Waals surface area contributed by atoms with Gasteiger partial charge in [-0.2, -0.15) is 0 Å². The summed E-state index contributed by atoms with van der Waals surface area (Å²) in [5.41, 5.74) is 0. The van der Waals surface area contributed by atoms with Crippen molar-refractivity contribution in [2.24, 2.45) is 0 Å². The zero-order valence-corrected chi connectivity index (χ0v) is 53.1. The monoisotopic (exact) mass is 1140 g/mol. The lowest BCUT2D eigenvalue weighted by atomic mass is 10.1. The Hall–Kier alpha value is -5.49. The summed E-state index contributed by atoms with van der Waals surface area (Å²) in [7, 11) is 0. The fourth-order valence-electron chi connectivity index (χ4n) is 8.46. The molecule has 464 valence electrons. The first kappa shape index (κ1) is 77.5. The van der Waals surface area contributed by atoms with Crippen LogP contribution in [0.25, 0.3) is 0 Å². The van der Waals surface area contributed by atoms with Crippen LogP contribution in [0.1, 0.15) is 265 Å². The molecular weight excluding hydrogens is 1020 g/mol. The van der Waals surface area contributed by atoms with Gasteiger partial charge in [-0.25, -0.2) is 0 Å². The molecule has 0 N–H and O–H groups in total. The number of esters is 3. The molecule has 0 amide bonds. The largest absolute Gasteiger partial charge is 0.462 e. The number of carbonyl (C=O) groups is 3. The fourth-order valence-corrected chi connectivity index (χ4v) is 8.46. The highest BCUT2D eigenvalue weighted by molar-refractivity contribution is 5.71. The van der Waals surface area contributed by atoms with E-state index in [1.54, 1.807) is 0 Å². The molecule has 0 heterocycles.